The third kappa shape index (κ3) is 6.42. The van der Waals surface area contributed by atoms with Crippen LogP contribution in [0.2, 0.25) is 0 Å². The number of nitrogens with one attached hydrogen (secondary N) is 3. The second-order valence-corrected chi connectivity index (χ2v) is 10.9. The monoisotopic (exact) mass is 604 g/mol. The van der Waals surface area contributed by atoms with E-state index in [1.165, 1.54) is 12.1 Å². The van der Waals surface area contributed by atoms with Crippen molar-refractivity contribution < 1.29 is 23.1 Å². The van der Waals surface area contributed by atoms with Crippen molar-refractivity contribution in [3.05, 3.63) is 72.2 Å². The topological polar surface area (TPSA) is 116 Å². The van der Waals surface area contributed by atoms with Gasteiger partial charge in [0.15, 0.2) is 11.5 Å². The molecule has 3 N–H and O–H groups in total. The molecule has 0 radical (unpaired) electrons. The van der Waals surface area contributed by atoms with Crippen LogP contribution in [0.3, 0.4) is 0 Å². The average molecular weight is 605 g/mol. The molecule has 0 spiro atoms. The van der Waals surface area contributed by atoms with E-state index in [9.17, 15) is 18.4 Å². The lowest BCUT2D eigenvalue weighted by Gasteiger charge is -2.36. The first kappa shape index (κ1) is 29.3. The number of piperidine rings is 1. The van der Waals surface area contributed by atoms with Crippen LogP contribution in [-0.2, 0) is 0 Å². The van der Waals surface area contributed by atoms with E-state index < -0.39 is 6.61 Å². The second-order valence-electron chi connectivity index (χ2n) is 10.9. The minimum atomic E-state index is -2.88. The van der Waals surface area contributed by atoms with E-state index in [4.69, 9.17) is 0 Å². The van der Waals surface area contributed by atoms with Crippen LogP contribution in [0.5, 0.6) is 5.75 Å². The number of halogens is 2. The van der Waals surface area contributed by atoms with Gasteiger partial charge in [-0.3, -0.25) is 9.20 Å². The fraction of sp³-hybridized carbons (Fsp3) is 0.355. The molecular weight excluding hydrogens is 570 g/mol. The molecule has 2 aliphatic rings. The highest BCUT2D eigenvalue weighted by Crippen LogP contribution is 2.28. The molecule has 2 saturated heterocycles. The highest BCUT2D eigenvalue weighted by Gasteiger charge is 2.27. The first-order chi connectivity index (χ1) is 21.4. The standard InChI is InChI=1S/C31H34F2N8O3/c1-20-18-23(4-7-25(20)29(42)39-14-16-40(17-15-39)31(43)38-22-8-10-34-11-9-22)37-27-28-36-19-26(41(28)13-12-35-27)21-2-5-24(6-3-21)44-30(32)33/h2-7,12-13,18-19,22,30,34H,8-11,14-17H2,1H3,(H,35,37)(H,38,43). The number of alkyl halides is 2. The number of fused-ring (bicyclic) bond motifs is 1. The lowest BCUT2D eigenvalue weighted by Crippen LogP contribution is -2.55. The summed E-state index contributed by atoms with van der Waals surface area (Å²) in [6.45, 7) is 2.79. The van der Waals surface area contributed by atoms with Gasteiger partial charge in [-0.05, 0) is 80.9 Å². The summed E-state index contributed by atoms with van der Waals surface area (Å²) in [6.07, 6.45) is 6.97. The molecule has 0 aliphatic carbocycles. The molecule has 4 heterocycles. The van der Waals surface area contributed by atoms with Crippen LogP contribution in [0, 0.1) is 6.92 Å². The van der Waals surface area contributed by atoms with Crippen molar-refractivity contribution in [3.8, 4) is 17.0 Å². The van der Waals surface area contributed by atoms with E-state index in [-0.39, 0.29) is 23.7 Å². The predicted molar refractivity (Wildman–Crippen MR) is 161 cm³/mol. The van der Waals surface area contributed by atoms with Crippen molar-refractivity contribution in [2.24, 2.45) is 0 Å². The van der Waals surface area contributed by atoms with Gasteiger partial charge in [-0.25, -0.2) is 14.8 Å². The minimum Gasteiger partial charge on any atom is -0.435 e. The van der Waals surface area contributed by atoms with Gasteiger partial charge < -0.3 is 30.5 Å². The van der Waals surface area contributed by atoms with Crippen LogP contribution in [0.15, 0.2) is 61.1 Å². The lowest BCUT2D eigenvalue weighted by molar-refractivity contribution is -0.0498. The van der Waals surface area contributed by atoms with Gasteiger partial charge in [-0.15, -0.1) is 0 Å². The molecule has 2 aliphatic heterocycles. The summed E-state index contributed by atoms with van der Waals surface area (Å²) in [5, 5.41) is 9.73. The largest absolute Gasteiger partial charge is 0.435 e. The molecule has 44 heavy (non-hydrogen) atoms. The minimum absolute atomic E-state index is 0.0544. The van der Waals surface area contributed by atoms with E-state index in [1.54, 1.807) is 46.6 Å². The molecule has 2 aromatic carbocycles. The van der Waals surface area contributed by atoms with Crippen LogP contribution in [0.25, 0.3) is 16.9 Å². The number of nitrogens with zero attached hydrogens (tertiary/aromatic N) is 5. The molecule has 11 nitrogen and oxygen atoms in total. The molecule has 2 aromatic heterocycles. The molecule has 4 aromatic rings. The third-order valence-corrected chi connectivity index (χ3v) is 8.04. The predicted octanol–water partition coefficient (Wildman–Crippen LogP) is 4.27. The highest BCUT2D eigenvalue weighted by atomic mass is 19.3. The Labute approximate surface area is 253 Å². The Morgan fingerprint density at radius 1 is 1.00 bits per heavy atom. The van der Waals surface area contributed by atoms with Gasteiger partial charge in [0.2, 0.25) is 0 Å². The SMILES string of the molecule is Cc1cc(Nc2nccn3c(-c4ccc(OC(F)F)cc4)cnc23)ccc1C(=O)N1CCN(C(=O)NC2CCNCC2)CC1. The molecule has 6 rings (SSSR count). The van der Waals surface area contributed by atoms with Gasteiger partial charge in [-0.2, -0.15) is 8.78 Å². The van der Waals surface area contributed by atoms with Crippen LogP contribution in [0.1, 0.15) is 28.8 Å². The Balaban J connectivity index is 1.09. The van der Waals surface area contributed by atoms with Crippen LogP contribution in [-0.4, -0.2) is 88.0 Å². The average Bonchev–Trinajstić information content (AvgIpc) is 3.47. The molecule has 0 unspecified atom stereocenters. The van der Waals surface area contributed by atoms with Gasteiger partial charge in [0.25, 0.3) is 5.91 Å². The Morgan fingerprint density at radius 3 is 2.43 bits per heavy atom. The summed E-state index contributed by atoms with van der Waals surface area (Å²) in [7, 11) is 0. The van der Waals surface area contributed by atoms with Gasteiger partial charge in [-0.1, -0.05) is 0 Å². The molecule has 0 atom stereocenters. The number of piperazine rings is 1. The number of hydrogen-bond acceptors (Lipinski definition) is 7. The maximum atomic E-state index is 13.4. The van der Waals surface area contributed by atoms with Gasteiger partial charge in [0, 0.05) is 61.4 Å². The number of anilines is 2. The Hall–Kier alpha value is -4.78. The van der Waals surface area contributed by atoms with E-state index in [0.717, 1.165) is 48.4 Å². The van der Waals surface area contributed by atoms with Crippen molar-refractivity contribution in [2.45, 2.75) is 32.4 Å². The summed E-state index contributed by atoms with van der Waals surface area (Å²) in [5.41, 5.74) is 4.28. The maximum absolute atomic E-state index is 13.4. The number of amides is 3. The number of ether oxygens (including phenoxy) is 1. The molecule has 2 fully saturated rings. The van der Waals surface area contributed by atoms with E-state index >= 15 is 0 Å². The molecule has 0 bridgehead atoms. The van der Waals surface area contributed by atoms with Crippen molar-refractivity contribution in [1.29, 1.82) is 0 Å². The second kappa shape index (κ2) is 12.8. The Kier molecular flexibility index (Phi) is 8.55. The van der Waals surface area contributed by atoms with Crippen molar-refractivity contribution >= 4 is 29.1 Å². The number of aryl methyl sites for hydroxylation is 1. The van der Waals surface area contributed by atoms with Crippen LogP contribution < -0.4 is 20.7 Å². The zero-order chi connectivity index (χ0) is 30.6. The quantitative estimate of drug-likeness (QED) is 0.289. The number of carbonyl (C=O) groups excluding carboxylic acids is 2. The summed E-state index contributed by atoms with van der Waals surface area (Å²) >= 11 is 0. The fourth-order valence-corrected chi connectivity index (χ4v) is 5.66. The Bertz CT molecular complexity index is 1630. The number of imidazole rings is 1. The number of urea groups is 1. The number of rotatable bonds is 7. The van der Waals surface area contributed by atoms with Crippen LogP contribution in [0.4, 0.5) is 25.1 Å². The van der Waals surface area contributed by atoms with Gasteiger partial charge in [0.05, 0.1) is 11.9 Å². The van der Waals surface area contributed by atoms with E-state index in [0.29, 0.717) is 43.2 Å². The van der Waals surface area contributed by atoms with E-state index in [1.807, 2.05) is 23.5 Å². The molecule has 0 saturated carbocycles. The van der Waals surface area contributed by atoms with Gasteiger partial charge >= 0.3 is 12.6 Å². The fourth-order valence-electron chi connectivity index (χ4n) is 5.66. The number of hydrogen-bond donors (Lipinski definition) is 3. The Morgan fingerprint density at radius 2 is 1.73 bits per heavy atom. The summed E-state index contributed by atoms with van der Waals surface area (Å²) < 4.78 is 31.3. The molecule has 3 amide bonds. The molecular formula is C31H34F2N8O3. The number of aromatic nitrogens is 3. The zero-order valence-electron chi connectivity index (χ0n) is 24.3. The molecule has 230 valence electrons. The zero-order valence-corrected chi connectivity index (χ0v) is 24.3. The normalized spacial score (nSPS) is 15.9. The van der Waals surface area contributed by atoms with Gasteiger partial charge in [0.1, 0.15) is 5.75 Å². The summed E-state index contributed by atoms with van der Waals surface area (Å²) in [5.74, 6) is 0.542. The summed E-state index contributed by atoms with van der Waals surface area (Å²) in [4.78, 5) is 38.7. The first-order valence-corrected chi connectivity index (χ1v) is 14.7. The number of benzene rings is 2. The first-order valence-electron chi connectivity index (χ1n) is 14.7. The van der Waals surface area contributed by atoms with Crippen molar-refractivity contribution in [3.63, 3.8) is 0 Å². The molecule has 13 heteroatoms. The maximum Gasteiger partial charge on any atom is 0.387 e. The van der Waals surface area contributed by atoms with Crippen LogP contribution >= 0.6 is 0 Å². The van der Waals surface area contributed by atoms with E-state index in [2.05, 4.69) is 30.7 Å². The number of carbonyl (C=O) groups is 2. The summed E-state index contributed by atoms with van der Waals surface area (Å²) in [6, 6.07) is 12.0. The smallest absolute Gasteiger partial charge is 0.387 e. The lowest BCUT2D eigenvalue weighted by atomic mass is 10.1. The highest BCUT2D eigenvalue weighted by molar-refractivity contribution is 5.96. The van der Waals surface area contributed by atoms with Crippen molar-refractivity contribution in [2.75, 3.05) is 44.6 Å². The van der Waals surface area contributed by atoms with Crippen molar-refractivity contribution in [1.82, 2.24) is 34.8 Å². The third-order valence-electron chi connectivity index (χ3n) is 8.04.